The highest BCUT2D eigenvalue weighted by molar-refractivity contribution is 7.47. The second-order valence-corrected chi connectivity index (χ2v) is 32.9. The van der Waals surface area contributed by atoms with Crippen LogP contribution < -0.4 is 0 Å². The van der Waals surface area contributed by atoms with Crippen LogP contribution in [-0.2, 0) is 55.8 Å². The number of aliphatic hydroxyl groups is 2. The molecule has 0 spiro atoms. The summed E-state index contributed by atoms with van der Waals surface area (Å²) in [5.41, 5.74) is 0. The van der Waals surface area contributed by atoms with Gasteiger partial charge >= 0.3 is 33.6 Å². The third-order valence-corrected chi connectivity index (χ3v) is 20.8. The van der Waals surface area contributed by atoms with Crippen molar-refractivity contribution in [3.63, 3.8) is 0 Å². The fourth-order valence-electron chi connectivity index (χ4n) is 12.1. The van der Waals surface area contributed by atoms with Crippen LogP contribution in [0, 0.1) is 0 Å². The first-order valence-electron chi connectivity index (χ1n) is 45.4. The highest BCUT2D eigenvalue weighted by Gasteiger charge is 2.29. The standard InChI is InChI=1S/C97H164O16P2/c1-4-7-10-13-16-19-22-25-28-31-34-36-38-40-42-44-45-47-49-50-52-54-57-59-62-65-68-71-74-77-80-83-95(100)107-86-92(98)87-109-114(103,104)110-88-93(99)89-111-115(105,106)112-91-94(113-97(102)85-82-79-76-73-70-67-64-61-56-33-30-27-24-21-18-15-12-9-6-3)90-108-96(101)84-81-78-75-72-69-66-63-60-58-55-53-51-48-46-43-41-39-37-35-32-29-26-23-20-17-14-11-8-5-2/h7,9-10,12,16-21,25-30,34-37,40-43,56,61,67,70,92-94,98-99H,4-6,8,11,13-15,22-24,31-33,38-39,44-55,57-60,62-66,68-69,71-91H2,1-3H3,(H,103,104)(H,105,106)/b10-7-,12-9-,19-16-,20-17-,21-18-,28-25-,29-26-,30-27-,36-34-,37-35-,42-40-,43-41-,61-56-,70-67-. The number of phosphoric acid groups is 2. The monoisotopic (exact) mass is 1650 g/mol. The van der Waals surface area contributed by atoms with Gasteiger partial charge in [-0.1, -0.05) is 364 Å². The molecule has 658 valence electrons. The number of carbonyl (C=O) groups excluding carboxylic acids is 3. The zero-order chi connectivity index (χ0) is 83.6. The average molecular weight is 1650 g/mol. The summed E-state index contributed by atoms with van der Waals surface area (Å²) in [6.07, 6.45) is 114. The first-order chi connectivity index (χ1) is 56.2. The molecule has 115 heavy (non-hydrogen) atoms. The Bertz CT molecular complexity index is 2770. The van der Waals surface area contributed by atoms with Gasteiger partial charge in [0.15, 0.2) is 6.10 Å². The molecule has 0 aliphatic rings. The Labute approximate surface area is 701 Å². The molecule has 0 aromatic rings. The van der Waals surface area contributed by atoms with E-state index in [0.29, 0.717) is 19.3 Å². The number of aliphatic hydroxyl groups excluding tert-OH is 2. The number of esters is 3. The summed E-state index contributed by atoms with van der Waals surface area (Å²) in [5.74, 6) is -1.61. The van der Waals surface area contributed by atoms with Crippen LogP contribution in [0.4, 0.5) is 0 Å². The lowest BCUT2D eigenvalue weighted by molar-refractivity contribution is -0.161. The van der Waals surface area contributed by atoms with Crippen LogP contribution in [0.25, 0.3) is 0 Å². The summed E-state index contributed by atoms with van der Waals surface area (Å²) in [7, 11) is -9.82. The van der Waals surface area contributed by atoms with Gasteiger partial charge in [-0.05, 0) is 154 Å². The van der Waals surface area contributed by atoms with Crippen molar-refractivity contribution >= 4 is 33.6 Å². The molecule has 0 rings (SSSR count). The molecule has 0 radical (unpaired) electrons. The summed E-state index contributed by atoms with van der Waals surface area (Å²) in [5, 5.41) is 20.7. The van der Waals surface area contributed by atoms with E-state index >= 15 is 0 Å². The number of ether oxygens (including phenoxy) is 3. The lowest BCUT2D eigenvalue weighted by Crippen LogP contribution is -2.30. The van der Waals surface area contributed by atoms with Gasteiger partial charge in [0.05, 0.1) is 26.4 Å². The first kappa shape index (κ1) is 110. The molecule has 0 aliphatic heterocycles. The maximum absolute atomic E-state index is 13.0. The second kappa shape index (κ2) is 88.2. The van der Waals surface area contributed by atoms with Crippen molar-refractivity contribution in [1.29, 1.82) is 0 Å². The number of hydrogen-bond acceptors (Lipinski definition) is 14. The van der Waals surface area contributed by atoms with Crippen LogP contribution in [0.3, 0.4) is 0 Å². The largest absolute Gasteiger partial charge is 0.472 e. The Morgan fingerprint density at radius 2 is 0.461 bits per heavy atom. The van der Waals surface area contributed by atoms with Crippen molar-refractivity contribution in [2.45, 2.75) is 386 Å². The molecule has 5 atom stereocenters. The molecule has 4 N–H and O–H groups in total. The van der Waals surface area contributed by atoms with E-state index in [1.165, 1.54) is 154 Å². The molecule has 0 bridgehead atoms. The van der Waals surface area contributed by atoms with Crippen LogP contribution >= 0.6 is 15.6 Å². The number of rotatable bonds is 85. The molecular weight excluding hydrogens is 1480 g/mol. The fraction of sp³-hybridized carbons (Fsp3) is 0.680. The van der Waals surface area contributed by atoms with E-state index in [0.717, 1.165) is 154 Å². The Morgan fingerprint density at radius 1 is 0.252 bits per heavy atom. The summed E-state index contributed by atoms with van der Waals surface area (Å²) >= 11 is 0. The minimum atomic E-state index is -4.95. The molecule has 0 aliphatic carbocycles. The van der Waals surface area contributed by atoms with Gasteiger partial charge in [-0.2, -0.15) is 0 Å². The van der Waals surface area contributed by atoms with Crippen molar-refractivity contribution in [2.24, 2.45) is 0 Å². The van der Waals surface area contributed by atoms with Crippen LogP contribution in [0.15, 0.2) is 170 Å². The number of hydrogen-bond donors (Lipinski definition) is 4. The van der Waals surface area contributed by atoms with E-state index in [-0.39, 0.29) is 19.3 Å². The molecule has 0 saturated carbocycles. The van der Waals surface area contributed by atoms with E-state index in [9.17, 15) is 43.5 Å². The molecule has 0 amide bonds. The van der Waals surface area contributed by atoms with E-state index in [2.05, 4.69) is 191 Å². The Balaban J connectivity index is 4.58. The topological polar surface area (TPSA) is 231 Å². The lowest BCUT2D eigenvalue weighted by Gasteiger charge is -2.21. The van der Waals surface area contributed by atoms with Gasteiger partial charge in [0, 0.05) is 19.3 Å². The van der Waals surface area contributed by atoms with E-state index in [1.54, 1.807) is 0 Å². The molecule has 0 fully saturated rings. The van der Waals surface area contributed by atoms with Crippen molar-refractivity contribution in [3.05, 3.63) is 170 Å². The second-order valence-electron chi connectivity index (χ2n) is 30.0. The Morgan fingerprint density at radius 3 is 0.739 bits per heavy atom. The molecule has 5 unspecified atom stereocenters. The highest BCUT2D eigenvalue weighted by atomic mass is 31.2. The predicted octanol–water partition coefficient (Wildman–Crippen LogP) is 27.9. The van der Waals surface area contributed by atoms with Gasteiger partial charge in [0.25, 0.3) is 0 Å². The van der Waals surface area contributed by atoms with E-state index in [1.807, 2.05) is 0 Å². The number of allylic oxidation sites excluding steroid dienone is 28. The third-order valence-electron chi connectivity index (χ3n) is 18.9. The summed E-state index contributed by atoms with van der Waals surface area (Å²) < 4.78 is 61.4. The lowest BCUT2D eigenvalue weighted by atomic mass is 10.0. The normalized spacial score (nSPS) is 14.6. The van der Waals surface area contributed by atoms with Crippen LogP contribution in [0.2, 0.25) is 0 Å². The van der Waals surface area contributed by atoms with Crippen molar-refractivity contribution in [3.8, 4) is 0 Å². The van der Waals surface area contributed by atoms with Crippen LogP contribution in [0.1, 0.15) is 367 Å². The van der Waals surface area contributed by atoms with Gasteiger partial charge in [0.2, 0.25) is 0 Å². The summed E-state index contributed by atoms with van der Waals surface area (Å²) in [6.45, 7) is 2.42. The minimum absolute atomic E-state index is 0.0613. The van der Waals surface area contributed by atoms with Crippen molar-refractivity contribution in [2.75, 3.05) is 39.6 Å². The van der Waals surface area contributed by atoms with Gasteiger partial charge in [-0.3, -0.25) is 32.5 Å². The summed E-state index contributed by atoms with van der Waals surface area (Å²) in [4.78, 5) is 58.9. The molecule has 0 saturated heterocycles. The zero-order valence-electron chi connectivity index (χ0n) is 72.4. The van der Waals surface area contributed by atoms with Gasteiger partial charge in [-0.15, -0.1) is 0 Å². The maximum Gasteiger partial charge on any atom is 0.472 e. The highest BCUT2D eigenvalue weighted by Crippen LogP contribution is 2.45. The maximum atomic E-state index is 13.0. The first-order valence-corrected chi connectivity index (χ1v) is 48.4. The van der Waals surface area contributed by atoms with Crippen molar-refractivity contribution < 1.29 is 75.8 Å². The molecule has 18 heteroatoms. The quantitative estimate of drug-likeness (QED) is 0.0146. The Kier molecular flexibility index (Phi) is 84.3. The fourth-order valence-corrected chi connectivity index (χ4v) is 13.7. The number of phosphoric ester groups is 2. The Hall–Kier alpha value is -5.09. The predicted molar refractivity (Wildman–Crippen MR) is 482 cm³/mol. The van der Waals surface area contributed by atoms with E-state index < -0.39 is 91.5 Å². The average Bonchev–Trinajstić information content (AvgIpc) is 0.896. The molecule has 16 nitrogen and oxygen atoms in total. The summed E-state index contributed by atoms with van der Waals surface area (Å²) in [6, 6.07) is 0. The number of carbonyl (C=O) groups is 3. The van der Waals surface area contributed by atoms with E-state index in [4.69, 9.17) is 32.3 Å². The number of unbranched alkanes of at least 4 members (excludes halogenated alkanes) is 34. The SMILES string of the molecule is CC/C=C\C/C=C\C/C=C\C/C=C\C/C=C\CCCCCCCCCCCCCCCCCC(=O)OCC(O)COP(=O)(O)OCC(O)COP(=O)(O)OCC(COC(=O)CCCCCCCCCCCCCCC/C=C\C/C=C\C/C=C\C/C=C\CCCCC)OC(=O)CCCCC/C=C\C/C=C\C/C=C\C/C=C\C/C=C\CC. The molecule has 0 aromatic carbocycles. The van der Waals surface area contributed by atoms with Gasteiger partial charge in [0.1, 0.15) is 25.4 Å². The molecule has 0 heterocycles. The van der Waals surface area contributed by atoms with Crippen LogP contribution in [0.5, 0.6) is 0 Å². The smallest absolute Gasteiger partial charge is 0.463 e. The molecular formula is C97H164O16P2. The molecule has 0 aromatic heterocycles. The van der Waals surface area contributed by atoms with Gasteiger partial charge in [-0.25, -0.2) is 9.13 Å². The van der Waals surface area contributed by atoms with Crippen molar-refractivity contribution in [1.82, 2.24) is 0 Å². The van der Waals surface area contributed by atoms with Crippen LogP contribution in [-0.4, -0.2) is 95.9 Å². The zero-order valence-corrected chi connectivity index (χ0v) is 74.2. The minimum Gasteiger partial charge on any atom is -0.463 e. The van der Waals surface area contributed by atoms with Gasteiger partial charge < -0.3 is 34.2 Å². The third kappa shape index (κ3) is 89.5.